The molecule has 0 aliphatic heterocycles. The molecule has 4 heteroatoms. The highest BCUT2D eigenvalue weighted by atomic mass is 32.1. The van der Waals surface area contributed by atoms with Crippen molar-refractivity contribution in [1.82, 2.24) is 4.90 Å². The Kier molecular flexibility index (Phi) is 4.78. The molecule has 0 radical (unpaired) electrons. The van der Waals surface area contributed by atoms with E-state index in [0.29, 0.717) is 11.0 Å². The van der Waals surface area contributed by atoms with Crippen molar-refractivity contribution in [3.05, 3.63) is 24.2 Å². The Balaban J connectivity index is 2.49. The first-order valence-corrected chi connectivity index (χ1v) is 5.55. The Hall–Kier alpha value is -0.870. The van der Waals surface area contributed by atoms with E-state index in [1.807, 2.05) is 12.1 Å². The molecule has 15 heavy (non-hydrogen) atoms. The topological polar surface area (TPSA) is 42.4 Å². The minimum atomic E-state index is 0.396. The van der Waals surface area contributed by atoms with E-state index in [0.717, 1.165) is 25.1 Å². The summed E-state index contributed by atoms with van der Waals surface area (Å²) in [5, 5.41) is 0. The van der Waals surface area contributed by atoms with Gasteiger partial charge in [-0.15, -0.1) is 0 Å². The standard InChI is InChI=1S/C11H18N2OS/c1-3-9(7-11(12)15)13(2)8-10-5-4-6-14-10/h4-6,9H,3,7-8H2,1-2H3,(H2,12,15). The average Bonchev–Trinajstić information content (AvgIpc) is 2.66. The molecular formula is C11H18N2OS. The van der Waals surface area contributed by atoms with E-state index in [9.17, 15) is 0 Å². The maximum absolute atomic E-state index is 5.56. The van der Waals surface area contributed by atoms with Crippen LogP contribution in [0.1, 0.15) is 25.5 Å². The number of rotatable bonds is 6. The zero-order valence-electron chi connectivity index (χ0n) is 9.27. The van der Waals surface area contributed by atoms with Gasteiger partial charge in [-0.2, -0.15) is 0 Å². The molecule has 1 aromatic rings. The van der Waals surface area contributed by atoms with Crippen molar-refractivity contribution in [2.24, 2.45) is 5.73 Å². The first kappa shape index (κ1) is 12.2. The first-order valence-electron chi connectivity index (χ1n) is 5.14. The lowest BCUT2D eigenvalue weighted by Gasteiger charge is -2.25. The molecule has 3 nitrogen and oxygen atoms in total. The van der Waals surface area contributed by atoms with Crippen LogP contribution in [0.5, 0.6) is 0 Å². The summed E-state index contributed by atoms with van der Waals surface area (Å²) in [5.41, 5.74) is 5.56. The molecule has 2 N–H and O–H groups in total. The van der Waals surface area contributed by atoms with Crippen LogP contribution >= 0.6 is 12.2 Å². The third kappa shape index (κ3) is 4.01. The summed E-state index contributed by atoms with van der Waals surface area (Å²) in [5.74, 6) is 0.971. The highest BCUT2D eigenvalue weighted by Crippen LogP contribution is 2.11. The molecule has 84 valence electrons. The fourth-order valence-corrected chi connectivity index (χ4v) is 1.81. The van der Waals surface area contributed by atoms with Gasteiger partial charge in [0.15, 0.2) is 0 Å². The highest BCUT2D eigenvalue weighted by Gasteiger charge is 2.14. The second kappa shape index (κ2) is 5.88. The van der Waals surface area contributed by atoms with Gasteiger partial charge in [0, 0.05) is 12.5 Å². The Bertz CT molecular complexity index is 298. The van der Waals surface area contributed by atoms with E-state index >= 15 is 0 Å². The maximum atomic E-state index is 5.56. The van der Waals surface area contributed by atoms with Crippen LogP contribution in [0.25, 0.3) is 0 Å². The Morgan fingerprint density at radius 3 is 2.87 bits per heavy atom. The van der Waals surface area contributed by atoms with E-state index in [2.05, 4.69) is 18.9 Å². The zero-order chi connectivity index (χ0) is 11.3. The predicted molar refractivity (Wildman–Crippen MR) is 65.7 cm³/mol. The minimum absolute atomic E-state index is 0.396. The van der Waals surface area contributed by atoms with E-state index in [-0.39, 0.29) is 0 Å². The van der Waals surface area contributed by atoms with Gasteiger partial charge in [-0.3, -0.25) is 4.90 Å². The SMILES string of the molecule is CCC(CC(N)=S)N(C)Cc1ccco1. The fourth-order valence-electron chi connectivity index (χ4n) is 1.62. The first-order chi connectivity index (χ1) is 7.13. The van der Waals surface area contributed by atoms with Crippen molar-refractivity contribution >= 4 is 17.2 Å². The predicted octanol–water partition coefficient (Wildman–Crippen LogP) is 2.17. The molecule has 1 heterocycles. The molecule has 1 aromatic heterocycles. The van der Waals surface area contributed by atoms with Gasteiger partial charge in [0.2, 0.25) is 0 Å². The van der Waals surface area contributed by atoms with Crippen molar-refractivity contribution in [1.29, 1.82) is 0 Å². The van der Waals surface area contributed by atoms with Gasteiger partial charge in [0.25, 0.3) is 0 Å². The summed E-state index contributed by atoms with van der Waals surface area (Å²) < 4.78 is 5.30. The van der Waals surface area contributed by atoms with Crippen molar-refractivity contribution < 1.29 is 4.42 Å². The highest BCUT2D eigenvalue weighted by molar-refractivity contribution is 7.80. The lowest BCUT2D eigenvalue weighted by molar-refractivity contribution is 0.215. The van der Waals surface area contributed by atoms with Crippen LogP contribution in [0.4, 0.5) is 0 Å². The molecule has 0 saturated heterocycles. The summed E-state index contributed by atoms with van der Waals surface area (Å²) in [4.78, 5) is 2.80. The molecule has 1 unspecified atom stereocenters. The molecule has 0 amide bonds. The average molecular weight is 226 g/mol. The van der Waals surface area contributed by atoms with E-state index in [1.54, 1.807) is 6.26 Å². The van der Waals surface area contributed by atoms with Crippen molar-refractivity contribution in [3.63, 3.8) is 0 Å². The third-order valence-electron chi connectivity index (χ3n) is 2.52. The molecule has 1 atom stereocenters. The monoisotopic (exact) mass is 226 g/mol. The lowest BCUT2D eigenvalue weighted by Crippen LogP contribution is -2.33. The normalized spacial score (nSPS) is 13.0. The third-order valence-corrected chi connectivity index (χ3v) is 2.68. The van der Waals surface area contributed by atoms with Crippen LogP contribution < -0.4 is 5.73 Å². The molecule has 0 saturated carbocycles. The lowest BCUT2D eigenvalue weighted by atomic mass is 10.1. The van der Waals surface area contributed by atoms with E-state index in [4.69, 9.17) is 22.4 Å². The minimum Gasteiger partial charge on any atom is -0.468 e. The van der Waals surface area contributed by atoms with Gasteiger partial charge in [-0.05, 0) is 25.6 Å². The van der Waals surface area contributed by atoms with Crippen LogP contribution in [0.2, 0.25) is 0 Å². The fraction of sp³-hybridized carbons (Fsp3) is 0.545. The molecule has 1 rings (SSSR count). The quantitative estimate of drug-likeness (QED) is 0.755. The van der Waals surface area contributed by atoms with Crippen molar-refractivity contribution in [2.45, 2.75) is 32.4 Å². The van der Waals surface area contributed by atoms with Crippen LogP contribution in [0.15, 0.2) is 22.8 Å². The largest absolute Gasteiger partial charge is 0.468 e. The second-order valence-corrected chi connectivity index (χ2v) is 4.25. The van der Waals surface area contributed by atoms with Gasteiger partial charge in [0.1, 0.15) is 5.76 Å². The Morgan fingerprint density at radius 2 is 2.40 bits per heavy atom. The summed E-state index contributed by atoms with van der Waals surface area (Å²) in [6, 6.07) is 4.27. The summed E-state index contributed by atoms with van der Waals surface area (Å²) >= 11 is 4.93. The number of hydrogen-bond acceptors (Lipinski definition) is 3. The maximum Gasteiger partial charge on any atom is 0.117 e. The van der Waals surface area contributed by atoms with Gasteiger partial charge >= 0.3 is 0 Å². The zero-order valence-corrected chi connectivity index (χ0v) is 10.1. The van der Waals surface area contributed by atoms with Gasteiger partial charge in [-0.25, -0.2) is 0 Å². The number of furan rings is 1. The van der Waals surface area contributed by atoms with Gasteiger partial charge in [-0.1, -0.05) is 19.1 Å². The molecule has 0 spiro atoms. The van der Waals surface area contributed by atoms with Crippen LogP contribution in [0.3, 0.4) is 0 Å². The molecule has 0 aliphatic carbocycles. The number of nitrogens with zero attached hydrogens (tertiary/aromatic N) is 1. The van der Waals surface area contributed by atoms with Crippen LogP contribution in [-0.4, -0.2) is 23.0 Å². The summed E-state index contributed by atoms with van der Waals surface area (Å²) in [6.45, 7) is 2.94. The van der Waals surface area contributed by atoms with Crippen molar-refractivity contribution in [3.8, 4) is 0 Å². The number of thiocarbonyl (C=S) groups is 1. The molecule has 0 aliphatic rings. The Morgan fingerprint density at radius 1 is 1.67 bits per heavy atom. The Labute approximate surface area is 96.2 Å². The van der Waals surface area contributed by atoms with Gasteiger partial charge < -0.3 is 10.2 Å². The van der Waals surface area contributed by atoms with E-state index < -0.39 is 0 Å². The molecular weight excluding hydrogens is 208 g/mol. The van der Waals surface area contributed by atoms with E-state index in [1.165, 1.54) is 0 Å². The number of nitrogens with two attached hydrogens (primary N) is 1. The van der Waals surface area contributed by atoms with Crippen LogP contribution in [0, 0.1) is 0 Å². The van der Waals surface area contributed by atoms with Gasteiger partial charge in [0.05, 0.1) is 17.8 Å². The second-order valence-electron chi connectivity index (χ2n) is 3.73. The van der Waals surface area contributed by atoms with Crippen LogP contribution in [-0.2, 0) is 6.54 Å². The molecule has 0 aromatic carbocycles. The smallest absolute Gasteiger partial charge is 0.117 e. The summed E-state index contributed by atoms with van der Waals surface area (Å²) in [7, 11) is 2.06. The summed E-state index contributed by atoms with van der Waals surface area (Å²) in [6.07, 6.45) is 3.50. The number of hydrogen-bond donors (Lipinski definition) is 1. The molecule has 0 fully saturated rings. The van der Waals surface area contributed by atoms with Crippen molar-refractivity contribution in [2.75, 3.05) is 7.05 Å². The molecule has 0 bridgehead atoms.